The van der Waals surface area contributed by atoms with Gasteiger partial charge in [0.25, 0.3) is 0 Å². The largest absolute Gasteiger partial charge is 0.398 e. The molecule has 0 saturated carbocycles. The number of anilines is 2. The topological polar surface area (TPSA) is 99.7 Å². The number of nitrogen functional groups attached to an aromatic ring is 2. The third-order valence-corrected chi connectivity index (χ3v) is 4.18. The van der Waals surface area contributed by atoms with Gasteiger partial charge in [-0.1, -0.05) is 43.3 Å². The van der Waals surface area contributed by atoms with Gasteiger partial charge in [-0.05, 0) is 31.4 Å². The van der Waals surface area contributed by atoms with Gasteiger partial charge in [0.05, 0.1) is 0 Å². The summed E-state index contributed by atoms with van der Waals surface area (Å²) in [4.78, 5) is 0. The second-order valence-electron chi connectivity index (χ2n) is 5.71. The van der Waals surface area contributed by atoms with E-state index in [1.807, 2.05) is 48.5 Å². The maximum absolute atomic E-state index is 8.44. The first kappa shape index (κ1) is 16.7. The molecule has 4 heteroatoms. The summed E-state index contributed by atoms with van der Waals surface area (Å²) in [6.07, 6.45) is 2.20. The lowest BCUT2D eigenvalue weighted by Crippen LogP contribution is -2.17. The minimum Gasteiger partial charge on any atom is -0.398 e. The van der Waals surface area contributed by atoms with Crippen LogP contribution in [-0.2, 0) is 0 Å². The molecule has 2 aromatic rings. The van der Waals surface area contributed by atoms with Crippen LogP contribution in [0.1, 0.15) is 37.3 Å². The molecule has 23 heavy (non-hydrogen) atoms. The Kier molecular flexibility index (Phi) is 5.52. The molecule has 0 bridgehead atoms. The first-order valence-corrected chi connectivity index (χ1v) is 7.90. The van der Waals surface area contributed by atoms with E-state index in [1.165, 1.54) is 0 Å². The van der Waals surface area contributed by atoms with Gasteiger partial charge in [-0.2, -0.15) is 0 Å². The van der Waals surface area contributed by atoms with Crippen LogP contribution in [0.5, 0.6) is 0 Å². The standard InChI is InChI=1S/C19H24N4/c1-2-13(19(23)15-8-4-6-10-17(15)21)11-12-18(22)14-7-3-5-9-16(14)20/h3-10,13,22-23H,2,11-12,20-21H2,1H3. The van der Waals surface area contributed by atoms with E-state index >= 15 is 0 Å². The maximum Gasteiger partial charge on any atom is 0.0437 e. The van der Waals surface area contributed by atoms with E-state index in [9.17, 15) is 0 Å². The Morgan fingerprint density at radius 1 is 0.913 bits per heavy atom. The molecule has 1 unspecified atom stereocenters. The number of hydrogen-bond donors (Lipinski definition) is 4. The van der Waals surface area contributed by atoms with Crippen molar-refractivity contribution >= 4 is 22.8 Å². The first-order chi connectivity index (χ1) is 11.0. The monoisotopic (exact) mass is 308 g/mol. The lowest BCUT2D eigenvalue weighted by Gasteiger charge is -2.18. The number of nitrogens with two attached hydrogens (primary N) is 2. The number of para-hydroxylation sites is 2. The van der Waals surface area contributed by atoms with E-state index < -0.39 is 0 Å². The summed E-state index contributed by atoms with van der Waals surface area (Å²) in [7, 11) is 0. The quantitative estimate of drug-likeness (QED) is 0.457. The molecule has 1 atom stereocenters. The Bertz CT molecular complexity index is 706. The zero-order chi connectivity index (χ0) is 16.8. The summed E-state index contributed by atoms with van der Waals surface area (Å²) in [5, 5.41) is 16.7. The van der Waals surface area contributed by atoms with Crippen molar-refractivity contribution in [2.75, 3.05) is 11.5 Å². The number of hydrogen-bond acceptors (Lipinski definition) is 4. The molecule has 6 N–H and O–H groups in total. The van der Waals surface area contributed by atoms with Crippen LogP contribution >= 0.6 is 0 Å². The Morgan fingerprint density at radius 3 is 1.96 bits per heavy atom. The summed E-state index contributed by atoms with van der Waals surface area (Å²) in [6, 6.07) is 14.9. The Balaban J connectivity index is 2.06. The van der Waals surface area contributed by atoms with Gasteiger partial charge in [-0.25, -0.2) is 0 Å². The highest BCUT2D eigenvalue weighted by molar-refractivity contribution is 6.05. The second-order valence-corrected chi connectivity index (χ2v) is 5.71. The van der Waals surface area contributed by atoms with Crippen molar-refractivity contribution in [1.82, 2.24) is 0 Å². The van der Waals surface area contributed by atoms with Crippen molar-refractivity contribution in [1.29, 1.82) is 10.8 Å². The van der Waals surface area contributed by atoms with Gasteiger partial charge in [0.2, 0.25) is 0 Å². The van der Waals surface area contributed by atoms with Crippen LogP contribution in [0.4, 0.5) is 11.4 Å². The summed E-state index contributed by atoms with van der Waals surface area (Å²) in [5.74, 6) is 0.0880. The summed E-state index contributed by atoms with van der Waals surface area (Å²) in [5.41, 5.74) is 15.8. The highest BCUT2D eigenvalue weighted by atomic mass is 14.6. The second kappa shape index (κ2) is 7.58. The molecule has 4 nitrogen and oxygen atoms in total. The lowest BCUT2D eigenvalue weighted by molar-refractivity contribution is 0.619. The fourth-order valence-electron chi connectivity index (χ4n) is 2.74. The summed E-state index contributed by atoms with van der Waals surface area (Å²) < 4.78 is 0. The average Bonchev–Trinajstić information content (AvgIpc) is 2.55. The van der Waals surface area contributed by atoms with Gasteiger partial charge in [0.15, 0.2) is 0 Å². The van der Waals surface area contributed by atoms with Crippen LogP contribution in [0.3, 0.4) is 0 Å². The van der Waals surface area contributed by atoms with Crippen molar-refractivity contribution in [3.8, 4) is 0 Å². The highest BCUT2D eigenvalue weighted by Gasteiger charge is 2.17. The number of nitrogens with one attached hydrogen (secondary N) is 2. The third-order valence-electron chi connectivity index (χ3n) is 4.18. The van der Waals surface area contributed by atoms with Crippen LogP contribution in [0.25, 0.3) is 0 Å². The van der Waals surface area contributed by atoms with Crippen LogP contribution in [0, 0.1) is 16.7 Å². The van der Waals surface area contributed by atoms with Crippen molar-refractivity contribution < 1.29 is 0 Å². The molecule has 2 rings (SSSR count). The SMILES string of the molecule is CCC(CCC(=N)c1ccccc1N)C(=N)c1ccccc1N. The molecule has 0 radical (unpaired) electrons. The Morgan fingerprint density at radius 2 is 1.43 bits per heavy atom. The maximum atomic E-state index is 8.44. The van der Waals surface area contributed by atoms with Crippen LogP contribution in [0.15, 0.2) is 48.5 Å². The van der Waals surface area contributed by atoms with Crippen molar-refractivity contribution in [2.45, 2.75) is 26.2 Å². The first-order valence-electron chi connectivity index (χ1n) is 7.90. The molecule has 0 heterocycles. The minimum atomic E-state index is 0.0880. The number of benzene rings is 2. The van der Waals surface area contributed by atoms with Gasteiger partial charge in [0, 0.05) is 39.8 Å². The van der Waals surface area contributed by atoms with Gasteiger partial charge in [0.1, 0.15) is 0 Å². The summed E-state index contributed by atoms with van der Waals surface area (Å²) in [6.45, 7) is 2.07. The van der Waals surface area contributed by atoms with Crippen molar-refractivity contribution in [2.24, 2.45) is 5.92 Å². The average molecular weight is 308 g/mol. The molecule has 0 fully saturated rings. The molecule has 0 amide bonds. The molecule has 0 aliphatic heterocycles. The minimum absolute atomic E-state index is 0.0880. The molecule has 2 aromatic carbocycles. The molecular formula is C19H24N4. The van der Waals surface area contributed by atoms with E-state index in [-0.39, 0.29) is 5.92 Å². The van der Waals surface area contributed by atoms with E-state index in [0.29, 0.717) is 29.2 Å². The highest BCUT2D eigenvalue weighted by Crippen LogP contribution is 2.23. The molecule has 0 aliphatic carbocycles. The third kappa shape index (κ3) is 3.97. The Hall–Kier alpha value is -2.62. The normalized spacial score (nSPS) is 11.9. The van der Waals surface area contributed by atoms with Crippen molar-refractivity contribution in [3.05, 3.63) is 59.7 Å². The van der Waals surface area contributed by atoms with Crippen LogP contribution in [-0.4, -0.2) is 11.4 Å². The fraction of sp³-hybridized carbons (Fsp3) is 0.263. The van der Waals surface area contributed by atoms with Gasteiger partial charge >= 0.3 is 0 Å². The number of rotatable bonds is 7. The molecule has 0 aromatic heterocycles. The fourth-order valence-corrected chi connectivity index (χ4v) is 2.74. The van der Waals surface area contributed by atoms with Crippen LogP contribution in [0.2, 0.25) is 0 Å². The molecule has 120 valence electrons. The molecule has 0 aliphatic rings. The van der Waals surface area contributed by atoms with Gasteiger partial charge < -0.3 is 22.3 Å². The van der Waals surface area contributed by atoms with E-state index in [2.05, 4.69) is 6.92 Å². The van der Waals surface area contributed by atoms with Crippen LogP contribution < -0.4 is 11.5 Å². The Labute approximate surface area is 137 Å². The predicted octanol–water partition coefficient (Wildman–Crippen LogP) is 4.09. The smallest absolute Gasteiger partial charge is 0.0437 e. The zero-order valence-corrected chi connectivity index (χ0v) is 13.5. The molecule has 0 spiro atoms. The molecular weight excluding hydrogens is 284 g/mol. The van der Waals surface area contributed by atoms with E-state index in [4.69, 9.17) is 22.3 Å². The van der Waals surface area contributed by atoms with Crippen molar-refractivity contribution in [3.63, 3.8) is 0 Å². The summed E-state index contributed by atoms with van der Waals surface area (Å²) >= 11 is 0. The predicted molar refractivity (Wildman–Crippen MR) is 98.4 cm³/mol. The lowest BCUT2D eigenvalue weighted by atomic mass is 9.88. The zero-order valence-electron chi connectivity index (χ0n) is 13.5. The van der Waals surface area contributed by atoms with E-state index in [1.54, 1.807) is 0 Å². The van der Waals surface area contributed by atoms with E-state index in [0.717, 1.165) is 24.0 Å². The molecule has 0 saturated heterocycles. The van der Waals surface area contributed by atoms with Gasteiger partial charge in [-0.3, -0.25) is 0 Å². The van der Waals surface area contributed by atoms with Gasteiger partial charge in [-0.15, -0.1) is 0 Å².